The Morgan fingerprint density at radius 2 is 1.88 bits per heavy atom. The number of carboxylic acid groups (broad SMARTS) is 1. The minimum atomic E-state index is -3.92. The van der Waals surface area contributed by atoms with Crippen molar-refractivity contribution in [2.75, 3.05) is 32.7 Å². The van der Waals surface area contributed by atoms with Crippen LogP contribution < -0.4 is 11.1 Å². The maximum absolute atomic E-state index is 12.9. The highest BCUT2D eigenvalue weighted by Crippen LogP contribution is 2.36. The van der Waals surface area contributed by atoms with Crippen molar-refractivity contribution in [2.45, 2.75) is 17.2 Å². The number of urea groups is 1. The number of hydrogen-bond acceptors (Lipinski definition) is 6. The molecule has 0 atom stereocenters. The number of sulfonamides is 1. The van der Waals surface area contributed by atoms with E-state index in [2.05, 4.69) is 5.32 Å². The van der Waals surface area contributed by atoms with E-state index in [9.17, 15) is 23.1 Å². The molecule has 0 aromatic carbocycles. The van der Waals surface area contributed by atoms with Crippen LogP contribution >= 0.6 is 11.3 Å². The Balaban J connectivity index is 1.95. The fourth-order valence-corrected chi connectivity index (χ4v) is 6.40. The molecule has 1 aromatic rings. The van der Waals surface area contributed by atoms with E-state index < -0.39 is 22.0 Å². The van der Waals surface area contributed by atoms with Crippen molar-refractivity contribution in [3.05, 3.63) is 16.0 Å². The lowest BCUT2D eigenvalue weighted by atomic mass is 10.1. The number of carbonyl (C=O) groups excluding carboxylic acids is 1. The smallest absolute Gasteiger partial charge is 0.338 e. The Hall–Kier alpha value is -1.69. The topological polar surface area (TPSA) is 133 Å². The predicted molar refractivity (Wildman–Crippen MR) is 86.6 cm³/mol. The number of nitrogens with zero attached hydrogens (tertiary/aromatic N) is 2. The number of nitrogens with one attached hydrogen (secondary N) is 1. The van der Waals surface area contributed by atoms with Crippen LogP contribution in [-0.2, 0) is 23.0 Å². The monoisotopic (exact) mass is 374 g/mol. The van der Waals surface area contributed by atoms with Crippen molar-refractivity contribution in [3.63, 3.8) is 0 Å². The van der Waals surface area contributed by atoms with Crippen molar-refractivity contribution >= 4 is 33.4 Å². The standard InChI is InChI=1S/C13H18N4O5S2/c14-13(20)16-3-5-17(6-4-16)24(21,22)12-10(11(18)19)8-1-2-15-7-9(8)23-12/h15H,1-7H2,(H2,14,20)(H,18,19). The zero-order valence-electron chi connectivity index (χ0n) is 12.8. The molecule has 3 heterocycles. The molecule has 0 saturated carbocycles. The molecule has 24 heavy (non-hydrogen) atoms. The van der Waals surface area contributed by atoms with Gasteiger partial charge in [0.05, 0.1) is 5.56 Å². The number of primary amides is 1. The Morgan fingerprint density at radius 1 is 1.21 bits per heavy atom. The van der Waals surface area contributed by atoms with E-state index >= 15 is 0 Å². The van der Waals surface area contributed by atoms with Crippen LogP contribution in [0.3, 0.4) is 0 Å². The molecular formula is C13H18N4O5S2. The Labute approximate surface area is 143 Å². The van der Waals surface area contributed by atoms with Gasteiger partial charge < -0.3 is 21.1 Å². The van der Waals surface area contributed by atoms with Crippen LogP contribution in [0.25, 0.3) is 0 Å². The van der Waals surface area contributed by atoms with E-state index in [-0.39, 0.29) is 36.0 Å². The van der Waals surface area contributed by atoms with Crippen LogP contribution in [0.15, 0.2) is 4.21 Å². The molecule has 0 aliphatic carbocycles. The average molecular weight is 374 g/mol. The third-order valence-corrected chi connectivity index (χ3v) is 7.86. The summed E-state index contributed by atoms with van der Waals surface area (Å²) in [7, 11) is -3.92. The van der Waals surface area contributed by atoms with E-state index in [1.807, 2.05) is 0 Å². The van der Waals surface area contributed by atoms with Gasteiger partial charge in [-0.05, 0) is 18.5 Å². The van der Waals surface area contributed by atoms with Gasteiger partial charge in [-0.2, -0.15) is 4.31 Å². The second-order valence-corrected chi connectivity index (χ2v) is 8.87. The largest absolute Gasteiger partial charge is 0.478 e. The molecule has 0 radical (unpaired) electrons. The quantitative estimate of drug-likeness (QED) is 0.652. The summed E-state index contributed by atoms with van der Waals surface area (Å²) in [5, 5.41) is 12.6. The van der Waals surface area contributed by atoms with Gasteiger partial charge in [-0.3, -0.25) is 0 Å². The van der Waals surface area contributed by atoms with E-state index in [1.54, 1.807) is 0 Å². The first-order chi connectivity index (χ1) is 11.3. The lowest BCUT2D eigenvalue weighted by molar-refractivity contribution is 0.0692. The van der Waals surface area contributed by atoms with E-state index in [1.165, 1.54) is 9.21 Å². The molecule has 0 spiro atoms. The third kappa shape index (κ3) is 2.88. The van der Waals surface area contributed by atoms with E-state index in [0.29, 0.717) is 25.1 Å². The normalized spacial score (nSPS) is 19.1. The molecule has 9 nitrogen and oxygen atoms in total. The fourth-order valence-electron chi connectivity index (χ4n) is 2.97. The predicted octanol–water partition coefficient (Wildman–Crippen LogP) is -0.523. The lowest BCUT2D eigenvalue weighted by Crippen LogP contribution is -2.52. The van der Waals surface area contributed by atoms with Crippen molar-refractivity contribution in [1.29, 1.82) is 0 Å². The van der Waals surface area contributed by atoms with E-state index in [0.717, 1.165) is 16.2 Å². The van der Waals surface area contributed by atoms with Crippen LogP contribution in [0.1, 0.15) is 20.8 Å². The molecule has 4 N–H and O–H groups in total. The summed E-state index contributed by atoms with van der Waals surface area (Å²) < 4.78 is 27.0. The van der Waals surface area contributed by atoms with Gasteiger partial charge in [0.2, 0.25) is 0 Å². The third-order valence-electron chi connectivity index (χ3n) is 4.23. The first-order valence-corrected chi connectivity index (χ1v) is 9.71. The summed E-state index contributed by atoms with van der Waals surface area (Å²) >= 11 is 1.02. The first-order valence-electron chi connectivity index (χ1n) is 7.45. The van der Waals surface area contributed by atoms with Gasteiger partial charge in [0.25, 0.3) is 10.0 Å². The molecular weight excluding hydrogens is 356 g/mol. The summed E-state index contributed by atoms with van der Waals surface area (Å²) in [5.41, 5.74) is 5.71. The molecule has 2 aliphatic rings. The van der Waals surface area contributed by atoms with E-state index in [4.69, 9.17) is 5.73 Å². The van der Waals surface area contributed by atoms with Gasteiger partial charge in [-0.25, -0.2) is 18.0 Å². The fraction of sp³-hybridized carbons (Fsp3) is 0.538. The number of rotatable bonds is 3. The summed E-state index contributed by atoms with van der Waals surface area (Å²) in [6, 6.07) is -0.587. The number of carboxylic acids is 1. The molecule has 0 bridgehead atoms. The number of nitrogens with two attached hydrogens (primary N) is 1. The molecule has 0 unspecified atom stereocenters. The molecule has 1 aromatic heterocycles. The van der Waals surface area contributed by atoms with Gasteiger partial charge in [-0.1, -0.05) is 0 Å². The molecule has 1 saturated heterocycles. The molecule has 2 amide bonds. The minimum Gasteiger partial charge on any atom is -0.478 e. The second kappa shape index (κ2) is 6.31. The van der Waals surface area contributed by atoms with Gasteiger partial charge >= 0.3 is 12.0 Å². The van der Waals surface area contributed by atoms with Crippen molar-refractivity contribution in [2.24, 2.45) is 5.73 Å². The highest BCUT2D eigenvalue weighted by Gasteiger charge is 2.37. The second-order valence-electron chi connectivity index (χ2n) is 5.63. The summed E-state index contributed by atoms with van der Waals surface area (Å²) in [4.78, 5) is 24.9. The number of hydrogen-bond donors (Lipinski definition) is 3. The zero-order valence-corrected chi connectivity index (χ0v) is 14.5. The van der Waals surface area contributed by atoms with Gasteiger partial charge in [0, 0.05) is 37.6 Å². The molecule has 132 valence electrons. The molecule has 2 aliphatic heterocycles. The number of carbonyl (C=O) groups is 2. The number of piperazine rings is 1. The average Bonchev–Trinajstić information content (AvgIpc) is 2.95. The summed E-state index contributed by atoms with van der Waals surface area (Å²) in [6.07, 6.45) is 0.498. The first kappa shape index (κ1) is 17.1. The summed E-state index contributed by atoms with van der Waals surface area (Å²) in [5.74, 6) is -1.22. The number of thiophene rings is 1. The summed E-state index contributed by atoms with van der Waals surface area (Å²) in [6.45, 7) is 1.70. The highest BCUT2D eigenvalue weighted by atomic mass is 32.2. The maximum atomic E-state index is 12.9. The highest BCUT2D eigenvalue weighted by molar-refractivity contribution is 7.91. The van der Waals surface area contributed by atoms with Gasteiger partial charge in [0.15, 0.2) is 0 Å². The SMILES string of the molecule is NC(=O)N1CCN(S(=O)(=O)c2sc3c(c2C(=O)O)CCNC3)CC1. The van der Waals surface area contributed by atoms with Gasteiger partial charge in [-0.15, -0.1) is 11.3 Å². The number of aromatic carboxylic acids is 1. The van der Waals surface area contributed by atoms with Crippen molar-refractivity contribution in [1.82, 2.24) is 14.5 Å². The Kier molecular flexibility index (Phi) is 4.51. The minimum absolute atomic E-state index is 0.102. The number of amides is 2. The van der Waals surface area contributed by atoms with Crippen molar-refractivity contribution < 1.29 is 23.1 Å². The maximum Gasteiger partial charge on any atom is 0.338 e. The lowest BCUT2D eigenvalue weighted by Gasteiger charge is -2.32. The number of fused-ring (bicyclic) bond motifs is 1. The molecule has 3 rings (SSSR count). The molecule has 1 fully saturated rings. The van der Waals surface area contributed by atoms with Crippen molar-refractivity contribution in [3.8, 4) is 0 Å². The molecule has 11 heteroatoms. The van der Waals surface area contributed by atoms with Crippen LogP contribution in [0.5, 0.6) is 0 Å². The van der Waals surface area contributed by atoms with Crippen LogP contribution in [0.2, 0.25) is 0 Å². The van der Waals surface area contributed by atoms with Gasteiger partial charge in [0.1, 0.15) is 4.21 Å². The van der Waals surface area contributed by atoms with Crippen LogP contribution in [0.4, 0.5) is 4.79 Å². The Morgan fingerprint density at radius 3 is 2.46 bits per heavy atom. The Bertz CT molecular complexity index is 781. The zero-order chi connectivity index (χ0) is 17.5. The van der Waals surface area contributed by atoms with Crippen LogP contribution in [-0.4, -0.2) is 67.5 Å². The van der Waals surface area contributed by atoms with Crippen LogP contribution in [0, 0.1) is 0 Å².